The number of fused-ring (bicyclic) bond motifs is 2. The van der Waals surface area contributed by atoms with Crippen molar-refractivity contribution in [3.05, 3.63) is 69.0 Å². The molecule has 180 valence electrons. The molecule has 2 aliphatic rings. The fourth-order valence-corrected chi connectivity index (χ4v) is 6.87. The number of aromatic nitrogens is 1. The van der Waals surface area contributed by atoms with Crippen LogP contribution in [0.4, 0.5) is 20.3 Å². The van der Waals surface area contributed by atoms with Gasteiger partial charge in [-0.05, 0) is 49.4 Å². The van der Waals surface area contributed by atoms with Gasteiger partial charge < -0.3 is 5.32 Å². The van der Waals surface area contributed by atoms with E-state index in [1.807, 2.05) is 6.07 Å². The van der Waals surface area contributed by atoms with Crippen molar-refractivity contribution in [2.24, 2.45) is 0 Å². The molecule has 0 spiro atoms. The Kier molecular flexibility index (Phi) is 6.49. The van der Waals surface area contributed by atoms with Crippen LogP contribution in [-0.4, -0.2) is 30.4 Å². The number of rotatable bonds is 8. The number of benzene rings is 2. The van der Waals surface area contributed by atoms with Gasteiger partial charge in [-0.25, -0.2) is 22.2 Å². The Labute approximate surface area is 206 Å². The Balaban J connectivity index is 1.34. The quantitative estimate of drug-likeness (QED) is 0.400. The standard InChI is InChI=1S/C23H23ClF2N4O2S2/c24-22-19(8-9-20(23(22)26)34(31,32)29-21-12-33-13-28-21)27-10-17-14(2-1-3-18(17)25)11-30-15-4-5-16(30)7-6-15/h1-3,8-9,12-13,15-16,27,29H,4-7,10-11H2. The monoisotopic (exact) mass is 524 g/mol. The third kappa shape index (κ3) is 4.51. The number of halogens is 3. The van der Waals surface area contributed by atoms with Crippen LogP contribution in [0.2, 0.25) is 5.02 Å². The summed E-state index contributed by atoms with van der Waals surface area (Å²) in [6.45, 7) is 0.763. The topological polar surface area (TPSA) is 74.3 Å². The van der Waals surface area contributed by atoms with Crippen LogP contribution >= 0.6 is 22.9 Å². The van der Waals surface area contributed by atoms with E-state index in [0.29, 0.717) is 24.2 Å². The highest BCUT2D eigenvalue weighted by Gasteiger charge is 2.39. The fourth-order valence-electron chi connectivity index (χ4n) is 4.94. The molecule has 0 aliphatic carbocycles. The van der Waals surface area contributed by atoms with Gasteiger partial charge in [-0.2, -0.15) is 0 Å². The second-order valence-corrected chi connectivity index (χ2v) is 11.3. The molecule has 11 heteroatoms. The summed E-state index contributed by atoms with van der Waals surface area (Å²) in [5.74, 6) is -1.34. The average Bonchev–Trinajstić information content (AvgIpc) is 3.54. The van der Waals surface area contributed by atoms with Crippen LogP contribution in [-0.2, 0) is 23.1 Å². The lowest BCUT2D eigenvalue weighted by Crippen LogP contribution is -2.28. The maximum absolute atomic E-state index is 14.9. The first kappa shape index (κ1) is 23.5. The Morgan fingerprint density at radius 1 is 1.12 bits per heavy atom. The number of hydrogen-bond acceptors (Lipinski definition) is 6. The van der Waals surface area contributed by atoms with E-state index in [-0.39, 0.29) is 28.9 Å². The van der Waals surface area contributed by atoms with Crippen LogP contribution in [0, 0.1) is 11.6 Å². The van der Waals surface area contributed by atoms with E-state index >= 15 is 0 Å². The molecule has 0 amide bonds. The largest absolute Gasteiger partial charge is 0.380 e. The number of anilines is 2. The number of sulfonamides is 1. The van der Waals surface area contributed by atoms with Gasteiger partial charge in [0.05, 0.1) is 11.2 Å². The zero-order valence-corrected chi connectivity index (χ0v) is 20.5. The van der Waals surface area contributed by atoms with Crippen molar-refractivity contribution >= 4 is 44.5 Å². The number of nitrogens with zero attached hydrogens (tertiary/aromatic N) is 2. The lowest BCUT2D eigenvalue weighted by molar-refractivity contribution is 0.243. The molecular weight excluding hydrogens is 502 g/mol. The van der Waals surface area contributed by atoms with Gasteiger partial charge in [-0.15, -0.1) is 11.3 Å². The molecule has 5 rings (SSSR count). The molecule has 2 bridgehead atoms. The number of nitrogens with one attached hydrogen (secondary N) is 2. The maximum atomic E-state index is 14.9. The summed E-state index contributed by atoms with van der Waals surface area (Å²) >= 11 is 7.37. The third-order valence-corrected chi connectivity index (χ3v) is 8.96. The van der Waals surface area contributed by atoms with Gasteiger partial charge >= 0.3 is 0 Å². The molecule has 2 saturated heterocycles. The van der Waals surface area contributed by atoms with Crippen LogP contribution < -0.4 is 10.0 Å². The highest BCUT2D eigenvalue weighted by molar-refractivity contribution is 7.92. The molecule has 2 N–H and O–H groups in total. The van der Waals surface area contributed by atoms with Crippen molar-refractivity contribution in [2.45, 2.75) is 55.8 Å². The van der Waals surface area contributed by atoms with Gasteiger partial charge in [0.25, 0.3) is 10.0 Å². The molecule has 2 fully saturated rings. The van der Waals surface area contributed by atoms with Crippen molar-refractivity contribution < 1.29 is 17.2 Å². The molecule has 2 aromatic carbocycles. The minimum Gasteiger partial charge on any atom is -0.380 e. The summed E-state index contributed by atoms with van der Waals surface area (Å²) in [5, 5.41) is 4.10. The van der Waals surface area contributed by atoms with Crippen molar-refractivity contribution in [3.63, 3.8) is 0 Å². The first-order valence-electron chi connectivity index (χ1n) is 11.0. The molecule has 34 heavy (non-hydrogen) atoms. The molecule has 0 radical (unpaired) electrons. The summed E-state index contributed by atoms with van der Waals surface area (Å²) in [6.07, 6.45) is 4.76. The average molecular weight is 525 g/mol. The van der Waals surface area contributed by atoms with Crippen molar-refractivity contribution in [1.29, 1.82) is 0 Å². The van der Waals surface area contributed by atoms with Crippen molar-refractivity contribution in [3.8, 4) is 0 Å². The lowest BCUT2D eigenvalue weighted by Gasteiger charge is -2.23. The maximum Gasteiger partial charge on any atom is 0.266 e. The molecule has 0 saturated carbocycles. The Morgan fingerprint density at radius 3 is 2.53 bits per heavy atom. The summed E-state index contributed by atoms with van der Waals surface area (Å²) in [6, 6.07) is 8.65. The van der Waals surface area contributed by atoms with E-state index in [1.54, 1.807) is 6.07 Å². The van der Waals surface area contributed by atoms with Crippen LogP contribution in [0.3, 0.4) is 0 Å². The van der Waals surface area contributed by atoms with Gasteiger partial charge in [-0.3, -0.25) is 9.62 Å². The SMILES string of the molecule is O=S(=O)(Nc1cscn1)c1ccc(NCc2c(F)cccc2CN2C3CCC2CC3)c(Cl)c1F. The molecule has 0 unspecified atom stereocenters. The van der Waals surface area contributed by atoms with Gasteiger partial charge in [0.15, 0.2) is 11.6 Å². The third-order valence-electron chi connectivity index (χ3n) is 6.64. The molecule has 0 atom stereocenters. The highest BCUT2D eigenvalue weighted by atomic mass is 35.5. The highest BCUT2D eigenvalue weighted by Crippen LogP contribution is 2.39. The Bertz CT molecular complexity index is 1280. The molecular formula is C23H23ClF2N4O2S2. The fraction of sp³-hybridized carbons (Fsp3) is 0.348. The number of thiazole rings is 1. The van der Waals surface area contributed by atoms with E-state index < -0.39 is 20.7 Å². The summed E-state index contributed by atoms with van der Waals surface area (Å²) in [7, 11) is -4.21. The molecule has 3 heterocycles. The Hall–Kier alpha value is -2.27. The van der Waals surface area contributed by atoms with Crippen molar-refractivity contribution in [2.75, 3.05) is 10.0 Å². The van der Waals surface area contributed by atoms with Crippen LogP contribution in [0.1, 0.15) is 36.8 Å². The first-order valence-corrected chi connectivity index (χ1v) is 13.8. The minimum absolute atomic E-state index is 0.0908. The summed E-state index contributed by atoms with van der Waals surface area (Å²) in [4.78, 5) is 5.71. The molecule has 1 aromatic heterocycles. The van der Waals surface area contributed by atoms with E-state index in [2.05, 4.69) is 19.9 Å². The van der Waals surface area contributed by atoms with Gasteiger partial charge in [-0.1, -0.05) is 23.7 Å². The summed E-state index contributed by atoms with van der Waals surface area (Å²) < 4.78 is 57.0. The molecule has 6 nitrogen and oxygen atoms in total. The number of hydrogen-bond donors (Lipinski definition) is 2. The normalized spacial score (nSPS) is 20.1. The second kappa shape index (κ2) is 9.41. The van der Waals surface area contributed by atoms with E-state index in [0.717, 1.165) is 11.6 Å². The summed E-state index contributed by atoms with van der Waals surface area (Å²) in [5.41, 5.74) is 3.02. The van der Waals surface area contributed by atoms with Crippen LogP contribution in [0.25, 0.3) is 0 Å². The first-order chi connectivity index (χ1) is 16.3. The predicted octanol–water partition coefficient (Wildman–Crippen LogP) is 5.61. The smallest absolute Gasteiger partial charge is 0.266 e. The van der Waals surface area contributed by atoms with Crippen molar-refractivity contribution in [1.82, 2.24) is 9.88 Å². The zero-order valence-electron chi connectivity index (χ0n) is 18.1. The van der Waals surface area contributed by atoms with E-state index in [9.17, 15) is 17.2 Å². The lowest BCUT2D eigenvalue weighted by atomic mass is 10.0. The Morgan fingerprint density at radius 2 is 1.85 bits per heavy atom. The zero-order chi connectivity index (χ0) is 23.9. The minimum atomic E-state index is -4.21. The van der Waals surface area contributed by atoms with E-state index in [1.165, 1.54) is 60.0 Å². The van der Waals surface area contributed by atoms with Gasteiger partial charge in [0.1, 0.15) is 15.7 Å². The van der Waals surface area contributed by atoms with Crippen LogP contribution in [0.5, 0.6) is 0 Å². The van der Waals surface area contributed by atoms with E-state index in [4.69, 9.17) is 11.6 Å². The second-order valence-electron chi connectivity index (χ2n) is 8.58. The van der Waals surface area contributed by atoms with Gasteiger partial charge in [0.2, 0.25) is 0 Å². The molecule has 2 aliphatic heterocycles. The molecule has 3 aromatic rings. The predicted molar refractivity (Wildman–Crippen MR) is 130 cm³/mol. The van der Waals surface area contributed by atoms with Crippen LogP contribution in [0.15, 0.2) is 46.1 Å². The van der Waals surface area contributed by atoms with Gasteiger partial charge in [0, 0.05) is 36.1 Å².